The second-order valence-electron chi connectivity index (χ2n) is 5.03. The van der Waals surface area contributed by atoms with E-state index in [1.54, 1.807) is 6.20 Å². The predicted octanol–water partition coefficient (Wildman–Crippen LogP) is 4.14. The average Bonchev–Trinajstić information content (AvgIpc) is 2.48. The van der Waals surface area contributed by atoms with Crippen LogP contribution in [0.25, 0.3) is 0 Å². The van der Waals surface area contributed by atoms with Crippen molar-refractivity contribution in [3.05, 3.63) is 58.4 Å². The monoisotopic (exact) mass is 304 g/mol. The fourth-order valence-electron chi connectivity index (χ4n) is 2.36. The lowest BCUT2D eigenvalue weighted by Crippen LogP contribution is -2.19. The number of halogens is 1. The quantitative estimate of drug-likeness (QED) is 0.871. The van der Waals surface area contributed by atoms with Gasteiger partial charge in [0.05, 0.1) is 18.8 Å². The van der Waals surface area contributed by atoms with Crippen LogP contribution >= 0.6 is 11.6 Å². The first-order chi connectivity index (χ1) is 10.2. The van der Waals surface area contributed by atoms with E-state index in [-0.39, 0.29) is 6.04 Å². The van der Waals surface area contributed by atoms with Crippen molar-refractivity contribution in [2.24, 2.45) is 0 Å². The van der Waals surface area contributed by atoms with Crippen LogP contribution in [0.1, 0.15) is 36.1 Å². The molecule has 2 aromatic rings. The van der Waals surface area contributed by atoms with Crippen molar-refractivity contribution < 1.29 is 4.74 Å². The molecule has 0 radical (unpaired) electrons. The molecule has 0 aliphatic carbocycles. The van der Waals surface area contributed by atoms with Gasteiger partial charge in [0.15, 0.2) is 0 Å². The first kappa shape index (κ1) is 15.8. The molecule has 0 spiro atoms. The molecule has 1 heterocycles. The minimum absolute atomic E-state index is 0.0694. The van der Waals surface area contributed by atoms with Crippen LogP contribution in [-0.4, -0.2) is 18.6 Å². The molecule has 2 rings (SSSR count). The minimum Gasteiger partial charge on any atom is -0.492 e. The highest BCUT2D eigenvalue weighted by atomic mass is 35.5. The maximum atomic E-state index is 6.04. The van der Waals surface area contributed by atoms with Crippen molar-refractivity contribution in [3.8, 4) is 5.75 Å². The number of hydrogen-bond donors (Lipinski definition) is 1. The van der Waals surface area contributed by atoms with Crippen molar-refractivity contribution >= 4 is 11.6 Å². The van der Waals surface area contributed by atoms with Gasteiger partial charge in [0.25, 0.3) is 0 Å². The maximum Gasteiger partial charge on any atom is 0.137 e. The van der Waals surface area contributed by atoms with E-state index in [2.05, 4.69) is 30.2 Å². The van der Waals surface area contributed by atoms with Gasteiger partial charge in [-0.25, -0.2) is 0 Å². The number of aromatic nitrogens is 1. The van der Waals surface area contributed by atoms with Gasteiger partial charge in [-0.3, -0.25) is 4.98 Å². The Labute approximate surface area is 131 Å². The summed E-state index contributed by atoms with van der Waals surface area (Å²) in [6.45, 7) is 4.86. The van der Waals surface area contributed by atoms with Crippen LogP contribution < -0.4 is 10.1 Å². The second-order valence-corrected chi connectivity index (χ2v) is 5.46. The molecule has 112 valence electrons. The first-order valence-corrected chi connectivity index (χ1v) is 7.54. The van der Waals surface area contributed by atoms with Crippen molar-refractivity contribution in [1.82, 2.24) is 10.3 Å². The maximum absolute atomic E-state index is 6.04. The lowest BCUT2D eigenvalue weighted by atomic mass is 9.96. The number of ether oxygens (including phenoxy) is 1. The summed E-state index contributed by atoms with van der Waals surface area (Å²) in [6.07, 6.45) is 4.60. The van der Waals surface area contributed by atoms with E-state index < -0.39 is 0 Å². The summed E-state index contributed by atoms with van der Waals surface area (Å²) in [4.78, 5) is 4.29. The van der Waals surface area contributed by atoms with E-state index in [0.717, 1.165) is 28.3 Å². The standard InChI is InChI=1S/C17H21ClN2O/c1-4-7-21-15-9-13(10-20-11-15)17(19-3)16-6-5-14(18)8-12(16)2/h5-6,8-11,17,19H,4,7H2,1-3H3. The fraction of sp³-hybridized carbons (Fsp3) is 0.353. The van der Waals surface area contributed by atoms with E-state index in [1.807, 2.05) is 31.4 Å². The van der Waals surface area contributed by atoms with Gasteiger partial charge in [-0.2, -0.15) is 0 Å². The summed E-state index contributed by atoms with van der Waals surface area (Å²) in [5, 5.41) is 4.09. The van der Waals surface area contributed by atoms with Gasteiger partial charge in [-0.1, -0.05) is 24.6 Å². The summed E-state index contributed by atoms with van der Waals surface area (Å²) in [6, 6.07) is 8.06. The number of rotatable bonds is 6. The van der Waals surface area contributed by atoms with Gasteiger partial charge in [0.1, 0.15) is 5.75 Å². The van der Waals surface area contributed by atoms with Gasteiger partial charge in [0, 0.05) is 11.2 Å². The van der Waals surface area contributed by atoms with Crippen molar-refractivity contribution in [1.29, 1.82) is 0 Å². The van der Waals surface area contributed by atoms with Crippen LogP contribution in [0.2, 0.25) is 5.02 Å². The van der Waals surface area contributed by atoms with Crippen LogP contribution in [0.5, 0.6) is 5.75 Å². The molecule has 0 amide bonds. The van der Waals surface area contributed by atoms with Gasteiger partial charge in [-0.15, -0.1) is 0 Å². The minimum atomic E-state index is 0.0694. The second kappa shape index (κ2) is 7.43. The van der Waals surface area contributed by atoms with Gasteiger partial charge in [0.2, 0.25) is 0 Å². The summed E-state index contributed by atoms with van der Waals surface area (Å²) < 4.78 is 5.66. The van der Waals surface area contributed by atoms with Crippen LogP contribution in [0.15, 0.2) is 36.7 Å². The summed E-state index contributed by atoms with van der Waals surface area (Å²) >= 11 is 6.04. The SMILES string of the molecule is CCCOc1cncc(C(NC)c2ccc(Cl)cc2C)c1. The Hall–Kier alpha value is -1.58. The molecule has 3 nitrogen and oxygen atoms in total. The molecular weight excluding hydrogens is 284 g/mol. The number of nitrogens with zero attached hydrogens (tertiary/aromatic N) is 1. The molecule has 0 aliphatic heterocycles. The molecule has 1 aromatic carbocycles. The van der Waals surface area contributed by atoms with Crippen LogP contribution in [0.3, 0.4) is 0 Å². The Morgan fingerprint density at radius 3 is 2.76 bits per heavy atom. The van der Waals surface area contributed by atoms with E-state index in [9.17, 15) is 0 Å². The molecule has 0 saturated heterocycles. The largest absolute Gasteiger partial charge is 0.492 e. The summed E-state index contributed by atoms with van der Waals surface area (Å²) in [5.74, 6) is 0.807. The Balaban J connectivity index is 2.32. The van der Waals surface area contributed by atoms with Crippen molar-refractivity contribution in [3.63, 3.8) is 0 Å². The lowest BCUT2D eigenvalue weighted by Gasteiger charge is -2.20. The molecule has 1 aromatic heterocycles. The highest BCUT2D eigenvalue weighted by Crippen LogP contribution is 2.28. The van der Waals surface area contributed by atoms with Gasteiger partial charge in [-0.05, 0) is 55.3 Å². The molecule has 1 N–H and O–H groups in total. The number of pyridine rings is 1. The Bertz CT molecular complexity index is 601. The third-order valence-electron chi connectivity index (χ3n) is 3.37. The zero-order valence-corrected chi connectivity index (χ0v) is 13.4. The normalized spacial score (nSPS) is 12.2. The summed E-state index contributed by atoms with van der Waals surface area (Å²) in [5.41, 5.74) is 3.43. The smallest absolute Gasteiger partial charge is 0.137 e. The van der Waals surface area contributed by atoms with Crippen molar-refractivity contribution in [2.45, 2.75) is 26.3 Å². The van der Waals surface area contributed by atoms with Crippen LogP contribution in [0.4, 0.5) is 0 Å². The number of hydrogen-bond acceptors (Lipinski definition) is 3. The molecule has 0 bridgehead atoms. The molecule has 0 fully saturated rings. The van der Waals surface area contributed by atoms with Crippen LogP contribution in [-0.2, 0) is 0 Å². The van der Waals surface area contributed by atoms with Gasteiger partial charge < -0.3 is 10.1 Å². The topological polar surface area (TPSA) is 34.1 Å². The van der Waals surface area contributed by atoms with Crippen LogP contribution in [0, 0.1) is 6.92 Å². The molecule has 1 atom stereocenters. The molecule has 0 aliphatic rings. The molecular formula is C17H21ClN2O. The highest BCUT2D eigenvalue weighted by Gasteiger charge is 2.15. The number of benzene rings is 1. The zero-order chi connectivity index (χ0) is 15.2. The Morgan fingerprint density at radius 1 is 1.29 bits per heavy atom. The third-order valence-corrected chi connectivity index (χ3v) is 3.61. The molecule has 21 heavy (non-hydrogen) atoms. The van der Waals surface area contributed by atoms with E-state index in [4.69, 9.17) is 16.3 Å². The van der Waals surface area contributed by atoms with E-state index in [0.29, 0.717) is 6.61 Å². The molecule has 4 heteroatoms. The predicted molar refractivity (Wildman–Crippen MR) is 87.1 cm³/mol. The van der Waals surface area contributed by atoms with E-state index >= 15 is 0 Å². The van der Waals surface area contributed by atoms with Crippen molar-refractivity contribution in [2.75, 3.05) is 13.7 Å². The zero-order valence-electron chi connectivity index (χ0n) is 12.7. The van der Waals surface area contributed by atoms with Gasteiger partial charge >= 0.3 is 0 Å². The fourth-order valence-corrected chi connectivity index (χ4v) is 2.58. The van der Waals surface area contributed by atoms with E-state index in [1.165, 1.54) is 5.56 Å². The summed E-state index contributed by atoms with van der Waals surface area (Å²) in [7, 11) is 1.94. The molecule has 1 unspecified atom stereocenters. The Morgan fingerprint density at radius 2 is 2.10 bits per heavy atom. The number of nitrogens with one attached hydrogen (secondary N) is 1. The Kier molecular flexibility index (Phi) is 5.59. The highest BCUT2D eigenvalue weighted by molar-refractivity contribution is 6.30. The number of aryl methyl sites for hydroxylation is 1. The third kappa shape index (κ3) is 3.96. The average molecular weight is 305 g/mol. The molecule has 0 saturated carbocycles. The first-order valence-electron chi connectivity index (χ1n) is 7.16. The lowest BCUT2D eigenvalue weighted by molar-refractivity contribution is 0.315.